The zero-order chi connectivity index (χ0) is 46.2. The number of para-hydroxylation sites is 6. The number of ether oxygens (including phenoxy) is 1. The topological polar surface area (TPSA) is 95.7 Å². The fourth-order valence-electron chi connectivity index (χ4n) is 11.7. The highest BCUT2D eigenvalue weighted by Gasteiger charge is 2.54. The summed E-state index contributed by atoms with van der Waals surface area (Å²) >= 11 is 1.78. The molecule has 1 atom stereocenters. The molecule has 0 amide bonds. The van der Waals surface area contributed by atoms with Gasteiger partial charge in [-0.3, -0.25) is 9.97 Å². The Balaban J connectivity index is 1.06. The molecule has 1 spiro atoms. The van der Waals surface area contributed by atoms with Gasteiger partial charge in [-0.2, -0.15) is 10.5 Å². The minimum absolute atomic E-state index is 0.613. The average Bonchev–Trinajstić information content (AvgIpc) is 4.03. The van der Waals surface area contributed by atoms with Crippen molar-refractivity contribution in [2.24, 2.45) is 0 Å². The minimum atomic E-state index is -0.926. The Labute approximate surface area is 405 Å². The molecule has 3 aliphatic rings. The third-order valence-electron chi connectivity index (χ3n) is 14.5. The van der Waals surface area contributed by atoms with E-state index < -0.39 is 5.41 Å². The van der Waals surface area contributed by atoms with E-state index in [1.807, 2.05) is 60.9 Å². The molecular weight excluding hydrogens is 879 g/mol. The number of anilines is 3. The summed E-state index contributed by atoms with van der Waals surface area (Å²) in [5.74, 6) is 1.55. The van der Waals surface area contributed by atoms with Crippen LogP contribution in [0.1, 0.15) is 33.4 Å². The number of nitriles is 2. The second-order valence-corrected chi connectivity index (χ2v) is 19.0. The van der Waals surface area contributed by atoms with Crippen LogP contribution >= 0.6 is 11.8 Å². The van der Waals surface area contributed by atoms with E-state index >= 15 is 0 Å². The molecule has 0 bridgehead atoms. The summed E-state index contributed by atoms with van der Waals surface area (Å²) in [6.45, 7) is 0. The van der Waals surface area contributed by atoms with Gasteiger partial charge >= 0.3 is 0 Å². The van der Waals surface area contributed by atoms with Crippen LogP contribution in [0.5, 0.6) is 11.5 Å². The molecule has 0 N–H and O–H groups in total. The predicted octanol–water partition coefficient (Wildman–Crippen LogP) is 14.8. The number of hydrogen-bond acceptors (Lipinski definition) is 7. The van der Waals surface area contributed by atoms with Gasteiger partial charge in [-0.1, -0.05) is 90.6 Å². The van der Waals surface area contributed by atoms with Crippen LogP contribution in [0.15, 0.2) is 210 Å². The van der Waals surface area contributed by atoms with E-state index in [1.54, 1.807) is 11.8 Å². The van der Waals surface area contributed by atoms with Crippen molar-refractivity contribution in [1.82, 2.24) is 19.1 Å². The van der Waals surface area contributed by atoms with Gasteiger partial charge in [0.15, 0.2) is 11.5 Å². The summed E-state index contributed by atoms with van der Waals surface area (Å²) in [6, 6.07) is 70.2. The predicted molar refractivity (Wildman–Crippen MR) is 276 cm³/mol. The largest absolute Gasteiger partial charge is 0.453 e. The highest BCUT2D eigenvalue weighted by molar-refractivity contribution is 7.99. The standard InChI is InChI=1S/C61H33N7OS/c62-33-36-22-26-49-42(29-36)40-11-1-3-14-47(40)66(49)38-24-25-44-57(32-38)70-56-21-9-18-53(68-51-16-5-7-19-54(51)69-55-20-8-6-17-52(55)68)58(56)61(44)45-13-10-28-64-59(45)60-46(61)31-39(35-65-60)67-48-15-4-2-12-41(48)43-30-37(34-63)23-27-50(43)67/h1-32,35H. The fourth-order valence-corrected chi connectivity index (χ4v) is 13.0. The van der Waals surface area contributed by atoms with Crippen LogP contribution in [0.2, 0.25) is 0 Å². The van der Waals surface area contributed by atoms with Crippen LogP contribution in [0, 0.1) is 22.7 Å². The van der Waals surface area contributed by atoms with Crippen molar-refractivity contribution in [3.8, 4) is 46.4 Å². The van der Waals surface area contributed by atoms with Gasteiger partial charge in [-0.15, -0.1) is 0 Å². The highest BCUT2D eigenvalue weighted by Crippen LogP contribution is 2.65. The Morgan fingerprint density at radius 3 is 1.74 bits per heavy atom. The van der Waals surface area contributed by atoms with Crippen LogP contribution in [0.3, 0.4) is 0 Å². The van der Waals surface area contributed by atoms with Crippen LogP contribution in [0.25, 0.3) is 66.4 Å². The van der Waals surface area contributed by atoms with Crippen molar-refractivity contribution in [1.29, 1.82) is 10.5 Å². The van der Waals surface area contributed by atoms with Crippen molar-refractivity contribution in [2.75, 3.05) is 4.90 Å². The lowest BCUT2D eigenvalue weighted by Crippen LogP contribution is -2.34. The molecule has 8 aromatic carbocycles. The lowest BCUT2D eigenvalue weighted by Gasteiger charge is -2.43. The van der Waals surface area contributed by atoms with E-state index in [0.717, 1.165) is 127 Å². The molecule has 0 saturated heterocycles. The number of benzene rings is 8. The molecule has 1 unspecified atom stereocenters. The van der Waals surface area contributed by atoms with Gasteiger partial charge in [0.05, 0.1) is 91.1 Å². The average molecular weight is 912 g/mol. The molecule has 9 heteroatoms. The Kier molecular flexibility index (Phi) is 7.90. The molecule has 0 fully saturated rings. The maximum atomic E-state index is 10.00. The lowest BCUT2D eigenvalue weighted by atomic mass is 9.67. The molecule has 2 aliphatic heterocycles. The van der Waals surface area contributed by atoms with Crippen LogP contribution in [0.4, 0.5) is 17.1 Å². The summed E-state index contributed by atoms with van der Waals surface area (Å²) in [7, 11) is 0. The van der Waals surface area contributed by atoms with Crippen LogP contribution < -0.4 is 9.64 Å². The van der Waals surface area contributed by atoms with Gasteiger partial charge in [0.1, 0.15) is 0 Å². The molecule has 1 aliphatic carbocycles. The fraction of sp³-hybridized carbons (Fsp3) is 0.0164. The van der Waals surface area contributed by atoms with Crippen molar-refractivity contribution in [2.45, 2.75) is 15.2 Å². The van der Waals surface area contributed by atoms with E-state index in [2.05, 4.69) is 166 Å². The maximum absolute atomic E-state index is 10.00. The molecular formula is C61H33N7OS. The summed E-state index contributed by atoms with van der Waals surface area (Å²) < 4.78 is 11.2. The molecule has 324 valence electrons. The first kappa shape index (κ1) is 38.7. The smallest absolute Gasteiger partial charge is 0.151 e. The minimum Gasteiger partial charge on any atom is -0.453 e. The molecule has 0 saturated carbocycles. The maximum Gasteiger partial charge on any atom is 0.151 e. The number of rotatable bonds is 3. The summed E-state index contributed by atoms with van der Waals surface area (Å²) in [4.78, 5) is 15.2. The third-order valence-corrected chi connectivity index (χ3v) is 15.6. The highest BCUT2D eigenvalue weighted by atomic mass is 32.2. The number of pyridine rings is 2. The Morgan fingerprint density at radius 2 is 1.06 bits per heavy atom. The SMILES string of the molecule is N#Cc1ccc2c(c1)c1ccccc1n2-c1ccc2c(c1)Sc1cccc(N3c4ccccc4Oc4ccccc43)c1C21c2cccnc2-c2ncc(-n3c4ccccc4c4cc(C#N)ccc43)cc21. The van der Waals surface area contributed by atoms with E-state index in [0.29, 0.717) is 11.1 Å². The van der Waals surface area contributed by atoms with E-state index in [4.69, 9.17) is 14.7 Å². The molecule has 15 rings (SSSR count). The Bertz CT molecular complexity index is 4340. The summed E-state index contributed by atoms with van der Waals surface area (Å²) in [6.07, 6.45) is 3.85. The third kappa shape index (κ3) is 5.08. The Morgan fingerprint density at radius 1 is 0.457 bits per heavy atom. The normalized spacial score (nSPS) is 14.9. The second-order valence-electron chi connectivity index (χ2n) is 17.9. The lowest BCUT2D eigenvalue weighted by molar-refractivity contribution is 0.476. The van der Waals surface area contributed by atoms with Gasteiger partial charge in [0.25, 0.3) is 0 Å². The first-order valence-electron chi connectivity index (χ1n) is 23.1. The monoisotopic (exact) mass is 911 g/mol. The van der Waals surface area contributed by atoms with Gasteiger partial charge in [0.2, 0.25) is 0 Å². The molecule has 70 heavy (non-hydrogen) atoms. The van der Waals surface area contributed by atoms with Crippen molar-refractivity contribution in [3.63, 3.8) is 0 Å². The molecule has 8 nitrogen and oxygen atoms in total. The summed E-state index contributed by atoms with van der Waals surface area (Å²) in [5.41, 5.74) is 15.3. The van der Waals surface area contributed by atoms with Crippen molar-refractivity contribution >= 4 is 72.4 Å². The molecule has 0 radical (unpaired) electrons. The zero-order valence-corrected chi connectivity index (χ0v) is 37.8. The number of aromatic nitrogens is 4. The van der Waals surface area contributed by atoms with Gasteiger partial charge in [-0.25, -0.2) is 0 Å². The van der Waals surface area contributed by atoms with E-state index in [-0.39, 0.29) is 0 Å². The number of hydrogen-bond donors (Lipinski definition) is 0. The molecule has 12 aromatic rings. The van der Waals surface area contributed by atoms with E-state index in [9.17, 15) is 10.5 Å². The number of nitrogens with zero attached hydrogens (tertiary/aromatic N) is 7. The second kappa shape index (κ2) is 14.3. The van der Waals surface area contributed by atoms with Crippen molar-refractivity contribution in [3.05, 3.63) is 234 Å². The first-order chi connectivity index (χ1) is 34.6. The van der Waals surface area contributed by atoms with Gasteiger partial charge < -0.3 is 18.8 Å². The quantitative estimate of drug-likeness (QED) is 0.174. The Hall–Kier alpha value is -9.41. The molecule has 6 heterocycles. The molecule has 4 aromatic heterocycles. The van der Waals surface area contributed by atoms with Crippen LogP contribution in [-0.4, -0.2) is 19.1 Å². The zero-order valence-electron chi connectivity index (χ0n) is 37.0. The van der Waals surface area contributed by atoms with Crippen LogP contribution in [-0.2, 0) is 5.41 Å². The first-order valence-corrected chi connectivity index (χ1v) is 23.9. The number of fused-ring (bicyclic) bond motifs is 17. The summed E-state index contributed by atoms with van der Waals surface area (Å²) in [5, 5.41) is 24.1. The van der Waals surface area contributed by atoms with E-state index in [1.165, 1.54) is 0 Å². The van der Waals surface area contributed by atoms with Gasteiger partial charge in [0, 0.05) is 54.3 Å². The van der Waals surface area contributed by atoms with Gasteiger partial charge in [-0.05, 0) is 120 Å². The van der Waals surface area contributed by atoms with Crippen molar-refractivity contribution < 1.29 is 4.74 Å².